The molecule has 1 aromatic heterocycles. The average molecular weight is 591 g/mol. The first-order valence-electron chi connectivity index (χ1n) is 14.2. The number of carbonyl (C=O) groups is 2. The third-order valence-corrected chi connectivity index (χ3v) is 8.96. The molecule has 3 aromatic rings. The molecule has 3 amide bonds. The maximum absolute atomic E-state index is 13.5. The Labute approximate surface area is 246 Å². The van der Waals surface area contributed by atoms with Crippen LogP contribution in [0, 0.1) is 23.2 Å². The Hall–Kier alpha value is -4.14. The van der Waals surface area contributed by atoms with Gasteiger partial charge in [-0.15, -0.1) is 0 Å². The lowest BCUT2D eigenvalue weighted by Crippen LogP contribution is -2.58. The van der Waals surface area contributed by atoms with Crippen molar-refractivity contribution in [1.82, 2.24) is 14.0 Å². The van der Waals surface area contributed by atoms with Crippen molar-refractivity contribution >= 4 is 40.1 Å². The Morgan fingerprint density at radius 1 is 1.07 bits per heavy atom. The van der Waals surface area contributed by atoms with E-state index >= 15 is 0 Å². The van der Waals surface area contributed by atoms with Gasteiger partial charge in [-0.05, 0) is 73.4 Å². The second-order valence-electron chi connectivity index (χ2n) is 11.5. The van der Waals surface area contributed by atoms with Crippen LogP contribution in [0.4, 0.5) is 10.5 Å². The van der Waals surface area contributed by atoms with Crippen LogP contribution in [0.15, 0.2) is 46.0 Å². The minimum Gasteiger partial charge on any atom is -0.367 e. The van der Waals surface area contributed by atoms with E-state index in [4.69, 9.17) is 22.1 Å². The van der Waals surface area contributed by atoms with E-state index in [2.05, 4.69) is 5.32 Å². The fourth-order valence-corrected chi connectivity index (χ4v) is 5.98. The number of benzene rings is 2. The maximum atomic E-state index is 13.5. The number of fused-ring (bicyclic) bond motifs is 1. The molecule has 6 rings (SSSR count). The molecular weight excluding hydrogens is 560 g/mol. The summed E-state index contributed by atoms with van der Waals surface area (Å²) in [5.41, 5.74) is 4.99. The standard InChI is InChI=1S/C30H31ClN6O5/c31-24-12-21(7-6-20(24)14-32)30(27(33)39)17-35(10-11-42-30)28(40)34-22-8-9-25-23(13-22)26(38)37(16-19-4-5-19)29(41)36(25)15-18-2-1-3-18/h6-9,12-13,18-19H,1-5,10-11,15-17H2,(H2,33,39)(H,34,40). The summed E-state index contributed by atoms with van der Waals surface area (Å²) in [6.45, 7) is 1.00. The van der Waals surface area contributed by atoms with Gasteiger partial charge in [0.25, 0.3) is 11.5 Å². The average Bonchev–Trinajstić information content (AvgIpc) is 3.78. The zero-order valence-corrected chi connectivity index (χ0v) is 23.7. The lowest BCUT2D eigenvalue weighted by atomic mass is 9.85. The molecule has 0 radical (unpaired) electrons. The van der Waals surface area contributed by atoms with Crippen LogP contribution in [-0.4, -0.2) is 45.7 Å². The minimum atomic E-state index is -1.66. The molecule has 0 bridgehead atoms. The van der Waals surface area contributed by atoms with E-state index in [1.807, 2.05) is 6.07 Å². The van der Waals surface area contributed by atoms with Gasteiger partial charge in [-0.1, -0.05) is 24.1 Å². The van der Waals surface area contributed by atoms with E-state index < -0.39 is 17.5 Å². The van der Waals surface area contributed by atoms with Gasteiger partial charge in [-0.3, -0.25) is 18.7 Å². The lowest BCUT2D eigenvalue weighted by Gasteiger charge is -2.40. The fourth-order valence-electron chi connectivity index (χ4n) is 5.75. The number of amides is 3. The SMILES string of the molecule is N#Cc1ccc(C2(C(N)=O)CN(C(=O)Nc3ccc4c(c3)c(=O)n(CC3CC3)c(=O)n4CC3CCC3)CCO2)cc1Cl. The zero-order chi connectivity index (χ0) is 29.6. The van der Waals surface area contributed by atoms with E-state index in [9.17, 15) is 24.4 Å². The van der Waals surface area contributed by atoms with Gasteiger partial charge in [-0.2, -0.15) is 5.26 Å². The number of nitriles is 1. The molecule has 42 heavy (non-hydrogen) atoms. The Bertz CT molecular complexity index is 1750. The smallest absolute Gasteiger partial charge is 0.331 e. The number of ether oxygens (including phenoxy) is 1. The van der Waals surface area contributed by atoms with Crippen LogP contribution in [-0.2, 0) is 28.2 Å². The molecule has 11 nitrogen and oxygen atoms in total. The Kier molecular flexibility index (Phi) is 7.29. The minimum absolute atomic E-state index is 0.0328. The molecule has 0 spiro atoms. The summed E-state index contributed by atoms with van der Waals surface area (Å²) in [5, 5.41) is 12.6. The van der Waals surface area contributed by atoms with Crippen molar-refractivity contribution in [2.24, 2.45) is 17.6 Å². The van der Waals surface area contributed by atoms with Crippen molar-refractivity contribution in [2.45, 2.75) is 50.8 Å². The van der Waals surface area contributed by atoms with Crippen molar-refractivity contribution < 1.29 is 14.3 Å². The fraction of sp³-hybridized carbons (Fsp3) is 0.433. The molecule has 2 saturated carbocycles. The number of nitrogens with zero attached hydrogens (tertiary/aromatic N) is 4. The molecule has 1 unspecified atom stereocenters. The van der Waals surface area contributed by atoms with E-state index in [0.29, 0.717) is 47.1 Å². The highest BCUT2D eigenvalue weighted by Crippen LogP contribution is 2.34. The van der Waals surface area contributed by atoms with Crippen LogP contribution in [0.1, 0.15) is 43.2 Å². The zero-order valence-electron chi connectivity index (χ0n) is 23.0. The normalized spacial score (nSPS) is 20.6. The summed E-state index contributed by atoms with van der Waals surface area (Å²) >= 11 is 6.21. The van der Waals surface area contributed by atoms with Crippen LogP contribution < -0.4 is 22.3 Å². The summed E-state index contributed by atoms with van der Waals surface area (Å²) in [4.78, 5) is 54.4. The summed E-state index contributed by atoms with van der Waals surface area (Å²) in [7, 11) is 0. The number of halogens is 1. The third kappa shape index (κ3) is 5.05. The summed E-state index contributed by atoms with van der Waals surface area (Å²) in [5.74, 6) is -0.0483. The molecule has 2 aromatic carbocycles. The number of urea groups is 1. The molecule has 3 aliphatic rings. The van der Waals surface area contributed by atoms with Crippen LogP contribution in [0.3, 0.4) is 0 Å². The summed E-state index contributed by atoms with van der Waals surface area (Å²) in [6.07, 6.45) is 5.27. The first kappa shape index (κ1) is 28.0. The molecule has 12 heteroatoms. The molecule has 1 aliphatic heterocycles. The maximum Gasteiger partial charge on any atom is 0.331 e. The molecule has 3 fully saturated rings. The Balaban J connectivity index is 1.29. The number of hydrogen-bond acceptors (Lipinski definition) is 6. The predicted molar refractivity (Wildman–Crippen MR) is 156 cm³/mol. The second-order valence-corrected chi connectivity index (χ2v) is 11.9. The van der Waals surface area contributed by atoms with Crippen molar-refractivity contribution in [3.8, 4) is 6.07 Å². The van der Waals surface area contributed by atoms with Gasteiger partial charge in [0.05, 0.1) is 34.6 Å². The first-order chi connectivity index (χ1) is 20.2. The van der Waals surface area contributed by atoms with E-state index in [0.717, 1.165) is 32.1 Å². The quantitative estimate of drug-likeness (QED) is 0.431. The number of anilines is 1. The van der Waals surface area contributed by atoms with Crippen molar-refractivity contribution in [2.75, 3.05) is 25.0 Å². The number of hydrogen-bond donors (Lipinski definition) is 2. The number of nitrogens with two attached hydrogens (primary N) is 1. The number of carbonyl (C=O) groups excluding carboxylic acids is 2. The molecule has 1 atom stereocenters. The van der Waals surface area contributed by atoms with Gasteiger partial charge >= 0.3 is 11.7 Å². The molecule has 1 saturated heterocycles. The highest BCUT2D eigenvalue weighted by molar-refractivity contribution is 6.31. The predicted octanol–water partition coefficient (Wildman–Crippen LogP) is 3.14. The molecule has 3 N–H and O–H groups in total. The Morgan fingerprint density at radius 2 is 1.81 bits per heavy atom. The van der Waals surface area contributed by atoms with Crippen LogP contribution >= 0.6 is 11.6 Å². The molecule has 2 heterocycles. The van der Waals surface area contributed by atoms with Gasteiger partial charge in [0, 0.05) is 25.3 Å². The van der Waals surface area contributed by atoms with Gasteiger partial charge < -0.3 is 20.7 Å². The number of primary amides is 1. The van der Waals surface area contributed by atoms with Crippen molar-refractivity contribution in [3.05, 3.63) is 73.4 Å². The van der Waals surface area contributed by atoms with Crippen LogP contribution in [0.5, 0.6) is 0 Å². The second kappa shape index (κ2) is 10.9. The topological polar surface area (TPSA) is 152 Å². The van der Waals surface area contributed by atoms with E-state index in [1.54, 1.807) is 22.8 Å². The molecule has 218 valence electrons. The largest absolute Gasteiger partial charge is 0.367 e. The van der Waals surface area contributed by atoms with Gasteiger partial charge in [-0.25, -0.2) is 9.59 Å². The monoisotopic (exact) mass is 590 g/mol. The van der Waals surface area contributed by atoms with E-state index in [-0.39, 0.29) is 41.5 Å². The van der Waals surface area contributed by atoms with Crippen molar-refractivity contribution in [1.29, 1.82) is 5.26 Å². The molecular formula is C30H31ClN6O5. The van der Waals surface area contributed by atoms with Gasteiger partial charge in [0.1, 0.15) is 6.07 Å². The van der Waals surface area contributed by atoms with E-state index in [1.165, 1.54) is 27.7 Å². The third-order valence-electron chi connectivity index (χ3n) is 8.64. The summed E-state index contributed by atoms with van der Waals surface area (Å²) in [6, 6.07) is 10.9. The highest BCUT2D eigenvalue weighted by Gasteiger charge is 2.45. The summed E-state index contributed by atoms with van der Waals surface area (Å²) < 4.78 is 8.90. The van der Waals surface area contributed by atoms with Crippen molar-refractivity contribution in [3.63, 3.8) is 0 Å². The number of nitrogens with one attached hydrogen (secondary N) is 1. The number of morpholine rings is 1. The first-order valence-corrected chi connectivity index (χ1v) is 14.6. The number of rotatable bonds is 7. The molecule has 2 aliphatic carbocycles. The van der Waals surface area contributed by atoms with Crippen LogP contribution in [0.25, 0.3) is 10.9 Å². The lowest BCUT2D eigenvalue weighted by molar-refractivity contribution is -0.155. The van der Waals surface area contributed by atoms with Gasteiger partial charge in [0.15, 0.2) is 5.60 Å². The highest BCUT2D eigenvalue weighted by atomic mass is 35.5. The van der Waals surface area contributed by atoms with Crippen LogP contribution in [0.2, 0.25) is 5.02 Å². The Morgan fingerprint density at radius 3 is 2.45 bits per heavy atom. The van der Waals surface area contributed by atoms with Gasteiger partial charge in [0.2, 0.25) is 0 Å². The number of aromatic nitrogens is 2.